The summed E-state index contributed by atoms with van der Waals surface area (Å²) >= 11 is 6.01. The third kappa shape index (κ3) is 6.35. The molecule has 0 bridgehead atoms. The van der Waals surface area contributed by atoms with Crippen LogP contribution in [0.1, 0.15) is 24.0 Å². The minimum absolute atomic E-state index is 0.0179. The Kier molecular flexibility index (Phi) is 7.73. The monoisotopic (exact) mass is 464 g/mol. The number of sulfonamides is 1. The Hall–Kier alpha value is -2.30. The number of hydrogen-bond donors (Lipinski definition) is 2. The van der Waals surface area contributed by atoms with Crippen LogP contribution in [-0.4, -0.2) is 28.0 Å². The lowest BCUT2D eigenvalue weighted by molar-refractivity contribution is -0.137. The molecule has 0 fully saturated rings. The number of amides is 1. The van der Waals surface area contributed by atoms with Crippen LogP contribution < -0.4 is 14.8 Å². The van der Waals surface area contributed by atoms with Crippen molar-refractivity contribution in [3.8, 4) is 5.75 Å². The van der Waals surface area contributed by atoms with Crippen LogP contribution >= 0.6 is 11.6 Å². The zero-order chi connectivity index (χ0) is 22.5. The van der Waals surface area contributed by atoms with Crippen LogP contribution in [0.25, 0.3) is 0 Å². The van der Waals surface area contributed by atoms with Crippen molar-refractivity contribution in [1.82, 2.24) is 4.72 Å². The topological polar surface area (TPSA) is 84.5 Å². The molecule has 11 heteroatoms. The van der Waals surface area contributed by atoms with Crippen molar-refractivity contribution in [2.45, 2.75) is 30.8 Å². The number of ether oxygens (including phenoxy) is 1. The average Bonchev–Trinajstić information content (AvgIpc) is 2.67. The van der Waals surface area contributed by atoms with Crippen molar-refractivity contribution < 1.29 is 31.1 Å². The fourth-order valence-electron chi connectivity index (χ4n) is 2.52. The molecule has 0 saturated carbocycles. The number of aryl methyl sites for hydroxylation is 1. The van der Waals surface area contributed by atoms with Gasteiger partial charge in [-0.2, -0.15) is 13.2 Å². The largest absolute Gasteiger partial charge is 0.495 e. The highest BCUT2D eigenvalue weighted by Gasteiger charge is 2.31. The first-order valence-corrected chi connectivity index (χ1v) is 10.6. The molecule has 0 radical (unpaired) electrons. The second kappa shape index (κ2) is 9.67. The summed E-state index contributed by atoms with van der Waals surface area (Å²) in [5.41, 5.74) is 0.104. The van der Waals surface area contributed by atoms with Gasteiger partial charge in [0.25, 0.3) is 0 Å². The molecule has 164 valence electrons. The lowest BCUT2D eigenvalue weighted by atomic mass is 10.2. The molecule has 6 nitrogen and oxygen atoms in total. The van der Waals surface area contributed by atoms with Crippen LogP contribution in [0.15, 0.2) is 41.3 Å². The molecule has 0 spiro atoms. The molecule has 0 saturated heterocycles. The molecule has 0 aromatic heterocycles. The van der Waals surface area contributed by atoms with E-state index in [1.54, 1.807) is 19.1 Å². The van der Waals surface area contributed by atoms with Gasteiger partial charge in [-0.25, -0.2) is 13.1 Å². The third-order valence-corrected chi connectivity index (χ3v) is 5.97. The van der Waals surface area contributed by atoms with E-state index in [0.29, 0.717) is 22.5 Å². The zero-order valence-corrected chi connectivity index (χ0v) is 17.7. The highest BCUT2D eigenvalue weighted by molar-refractivity contribution is 7.89. The molecule has 0 aliphatic heterocycles. The number of methoxy groups -OCH3 is 1. The molecule has 2 rings (SSSR count). The molecule has 1 amide bonds. The first-order valence-electron chi connectivity index (χ1n) is 8.75. The molecule has 0 heterocycles. The number of nitrogens with one attached hydrogen (secondary N) is 2. The summed E-state index contributed by atoms with van der Waals surface area (Å²) in [5.74, 6) is -0.00233. The van der Waals surface area contributed by atoms with Gasteiger partial charge in [0.05, 0.1) is 23.3 Å². The van der Waals surface area contributed by atoms with Crippen molar-refractivity contribution in [1.29, 1.82) is 0 Å². The molecule has 2 N–H and O–H groups in total. The first kappa shape index (κ1) is 24.0. The van der Waals surface area contributed by atoms with E-state index in [1.165, 1.54) is 7.11 Å². The lowest BCUT2D eigenvalue weighted by Crippen LogP contribution is -2.26. The van der Waals surface area contributed by atoms with Crippen LogP contribution in [0.2, 0.25) is 5.02 Å². The van der Waals surface area contributed by atoms with Crippen molar-refractivity contribution in [3.63, 3.8) is 0 Å². The van der Waals surface area contributed by atoms with E-state index in [4.69, 9.17) is 16.3 Å². The van der Waals surface area contributed by atoms with Gasteiger partial charge in [0, 0.05) is 24.1 Å². The second-order valence-corrected chi connectivity index (χ2v) is 8.55. The predicted octanol–water partition coefficient (Wildman–Crippen LogP) is 4.37. The van der Waals surface area contributed by atoms with Crippen molar-refractivity contribution >= 4 is 33.2 Å². The molecule has 30 heavy (non-hydrogen) atoms. The van der Waals surface area contributed by atoms with Gasteiger partial charge in [-0.05, 0) is 43.2 Å². The molecule has 2 aromatic rings. The standard InChI is InChI=1S/C19H20ClF3N2O4S/c1-12-9-16(17(29-2)11-15(12)20)25-18(26)7-4-8-24-30(27,28)14-6-3-5-13(10-14)19(21,22)23/h3,5-6,9-11,24H,4,7-8H2,1-2H3,(H,25,26). The van der Waals surface area contributed by atoms with Gasteiger partial charge in [0.1, 0.15) is 5.75 Å². The second-order valence-electron chi connectivity index (χ2n) is 6.38. The van der Waals surface area contributed by atoms with Gasteiger partial charge in [0.2, 0.25) is 15.9 Å². The first-order chi connectivity index (χ1) is 13.9. The van der Waals surface area contributed by atoms with Crippen LogP contribution in [0.4, 0.5) is 18.9 Å². The Bertz CT molecular complexity index is 1030. The SMILES string of the molecule is COc1cc(Cl)c(C)cc1NC(=O)CCCNS(=O)(=O)c1cccc(C(F)(F)F)c1. The Balaban J connectivity index is 1.92. The highest BCUT2D eigenvalue weighted by Crippen LogP contribution is 2.31. The molecule has 2 aromatic carbocycles. The predicted molar refractivity (Wildman–Crippen MR) is 107 cm³/mol. The molecule has 0 aliphatic carbocycles. The molecule has 0 unspecified atom stereocenters. The minimum atomic E-state index is -4.65. The van der Waals surface area contributed by atoms with Gasteiger partial charge in [0.15, 0.2) is 0 Å². The van der Waals surface area contributed by atoms with Gasteiger partial charge < -0.3 is 10.1 Å². The van der Waals surface area contributed by atoms with Crippen molar-refractivity contribution in [2.75, 3.05) is 19.0 Å². The normalized spacial score (nSPS) is 11.9. The Morgan fingerprint density at radius 2 is 1.90 bits per heavy atom. The number of hydrogen-bond acceptors (Lipinski definition) is 4. The summed E-state index contributed by atoms with van der Waals surface area (Å²) in [7, 11) is -2.71. The fourth-order valence-corrected chi connectivity index (χ4v) is 3.79. The van der Waals surface area contributed by atoms with Gasteiger partial charge in [-0.15, -0.1) is 0 Å². The summed E-state index contributed by atoms with van der Waals surface area (Å²) in [6.07, 6.45) is -4.53. The van der Waals surface area contributed by atoms with Crippen molar-refractivity contribution in [2.24, 2.45) is 0 Å². The highest BCUT2D eigenvalue weighted by atomic mass is 35.5. The number of halogens is 4. The van der Waals surface area contributed by atoms with Crippen LogP contribution in [0, 0.1) is 6.92 Å². The Labute approximate surface area is 177 Å². The number of alkyl halides is 3. The maximum Gasteiger partial charge on any atom is 0.416 e. The number of benzene rings is 2. The van der Waals surface area contributed by atoms with E-state index < -0.39 is 26.7 Å². The fraction of sp³-hybridized carbons (Fsp3) is 0.316. The van der Waals surface area contributed by atoms with Crippen LogP contribution in [-0.2, 0) is 21.0 Å². The van der Waals surface area contributed by atoms with Crippen LogP contribution in [0.5, 0.6) is 5.75 Å². The summed E-state index contributed by atoms with van der Waals surface area (Å²) in [6, 6.07) is 6.65. The number of carbonyl (C=O) groups excluding carboxylic acids is 1. The van der Waals surface area contributed by atoms with Gasteiger partial charge in [-0.3, -0.25) is 4.79 Å². The summed E-state index contributed by atoms with van der Waals surface area (Å²) < 4.78 is 70.0. The average molecular weight is 465 g/mol. The maximum atomic E-state index is 12.8. The molecule has 0 aliphatic rings. The maximum absolute atomic E-state index is 12.8. The third-order valence-electron chi connectivity index (χ3n) is 4.10. The molecule has 0 atom stereocenters. The van der Waals surface area contributed by atoms with Gasteiger partial charge >= 0.3 is 6.18 Å². The van der Waals surface area contributed by atoms with Crippen LogP contribution in [0.3, 0.4) is 0 Å². The number of anilines is 1. The summed E-state index contributed by atoms with van der Waals surface area (Å²) in [5, 5.41) is 3.14. The van der Waals surface area contributed by atoms with Crippen molar-refractivity contribution in [3.05, 3.63) is 52.5 Å². The smallest absolute Gasteiger partial charge is 0.416 e. The minimum Gasteiger partial charge on any atom is -0.495 e. The number of rotatable bonds is 8. The quantitative estimate of drug-likeness (QED) is 0.568. The Morgan fingerprint density at radius 1 is 1.20 bits per heavy atom. The zero-order valence-electron chi connectivity index (χ0n) is 16.1. The van der Waals surface area contributed by atoms with E-state index in [2.05, 4.69) is 10.0 Å². The summed E-state index contributed by atoms with van der Waals surface area (Å²) in [4.78, 5) is 11.6. The summed E-state index contributed by atoms with van der Waals surface area (Å²) in [6.45, 7) is 1.64. The van der Waals surface area contributed by atoms with E-state index in [-0.39, 0.29) is 25.3 Å². The molecular formula is C19H20ClF3N2O4S. The van der Waals surface area contributed by atoms with E-state index in [0.717, 1.165) is 23.8 Å². The molecular weight excluding hydrogens is 445 g/mol. The Morgan fingerprint density at radius 3 is 2.53 bits per heavy atom. The lowest BCUT2D eigenvalue weighted by Gasteiger charge is -2.12. The van der Waals surface area contributed by atoms with E-state index in [1.807, 2.05) is 0 Å². The number of carbonyl (C=O) groups is 1. The van der Waals surface area contributed by atoms with Gasteiger partial charge in [-0.1, -0.05) is 17.7 Å². The van der Waals surface area contributed by atoms with E-state index >= 15 is 0 Å². The van der Waals surface area contributed by atoms with E-state index in [9.17, 15) is 26.4 Å².